The zero-order valence-corrected chi connectivity index (χ0v) is 22.7. The van der Waals surface area contributed by atoms with E-state index in [-0.39, 0.29) is 11.0 Å². The maximum absolute atomic E-state index is 11.6. The van der Waals surface area contributed by atoms with Crippen molar-refractivity contribution in [2.24, 2.45) is 4.99 Å². The predicted octanol–water partition coefficient (Wildman–Crippen LogP) is 2.06. The second-order valence-corrected chi connectivity index (χ2v) is 9.14. The Labute approximate surface area is 223 Å². The first-order valence-electron chi connectivity index (χ1n) is 12.1. The molecule has 0 radical (unpaired) electrons. The summed E-state index contributed by atoms with van der Waals surface area (Å²) in [5.41, 5.74) is 6.09. The summed E-state index contributed by atoms with van der Waals surface area (Å²) in [6.07, 6.45) is 6.21. The van der Waals surface area contributed by atoms with Gasteiger partial charge in [-0.25, -0.2) is 29.9 Å². The molecule has 6 heterocycles. The van der Waals surface area contributed by atoms with Crippen LogP contribution in [0.2, 0.25) is 0 Å². The van der Waals surface area contributed by atoms with Gasteiger partial charge < -0.3 is 15.3 Å². The number of hydrogen-bond donors (Lipinski definition) is 3. The minimum atomic E-state index is -0.0920. The van der Waals surface area contributed by atoms with Crippen LogP contribution >= 0.6 is 0 Å². The van der Waals surface area contributed by atoms with Crippen molar-refractivity contribution in [1.29, 1.82) is 0 Å². The van der Waals surface area contributed by atoms with Crippen molar-refractivity contribution >= 4 is 46.5 Å². The van der Waals surface area contributed by atoms with Crippen molar-refractivity contribution in [3.63, 3.8) is 0 Å². The first-order valence-corrected chi connectivity index (χ1v) is 12.1. The fraction of sp³-hybridized carbons (Fsp3) is 0.214. The summed E-state index contributed by atoms with van der Waals surface area (Å²) in [6.45, 7) is 15.1. The zero-order chi connectivity index (χ0) is 28.3. The van der Waals surface area contributed by atoms with Gasteiger partial charge in [0, 0.05) is 39.3 Å². The van der Waals surface area contributed by atoms with Crippen LogP contribution < -0.4 is 26.7 Å². The Kier molecular flexibility index (Phi) is 7.70. The molecule has 0 saturated carbocycles. The highest BCUT2D eigenvalue weighted by Gasteiger charge is 2.06. The van der Waals surface area contributed by atoms with Crippen LogP contribution in [0.5, 0.6) is 0 Å². The molecule has 3 N–H and O–H groups in total. The molecule has 0 bridgehead atoms. The van der Waals surface area contributed by atoms with Gasteiger partial charge in [0.25, 0.3) is 5.56 Å². The van der Waals surface area contributed by atoms with Gasteiger partial charge in [0.15, 0.2) is 11.2 Å². The van der Waals surface area contributed by atoms with Crippen molar-refractivity contribution < 1.29 is 0 Å². The molecule has 5 aromatic heterocycles. The number of hydrogen-bond acceptors (Lipinski definition) is 9. The van der Waals surface area contributed by atoms with Crippen LogP contribution in [0.1, 0.15) is 35.1 Å². The van der Waals surface area contributed by atoms with Gasteiger partial charge in [0.05, 0.1) is 23.1 Å². The maximum Gasteiger partial charge on any atom is 0.252 e. The molecule has 5 aromatic rings. The second-order valence-electron chi connectivity index (χ2n) is 9.14. The van der Waals surface area contributed by atoms with Crippen molar-refractivity contribution in [2.45, 2.75) is 41.5 Å². The Hall–Kier alpha value is -5.06. The molecule has 0 saturated heterocycles. The van der Waals surface area contributed by atoms with E-state index >= 15 is 0 Å². The third-order valence-corrected chi connectivity index (χ3v) is 6.13. The fourth-order valence-corrected chi connectivity index (χ4v) is 4.03. The number of aliphatic imine (C=N–C) groups is 1. The first-order chi connectivity index (χ1) is 18.6. The monoisotopic (exact) mass is 523 g/mol. The minimum Gasteiger partial charge on any atom is -0.349 e. The zero-order valence-electron chi connectivity index (χ0n) is 22.7. The van der Waals surface area contributed by atoms with Crippen LogP contribution in [-0.2, 0) is 0 Å². The van der Waals surface area contributed by atoms with Crippen LogP contribution in [0.3, 0.4) is 0 Å². The van der Waals surface area contributed by atoms with Gasteiger partial charge in [-0.2, -0.15) is 0 Å². The van der Waals surface area contributed by atoms with Crippen LogP contribution in [0.4, 0.5) is 5.82 Å². The molecule has 0 aromatic carbocycles. The second kappa shape index (κ2) is 11.1. The number of aromatic nitrogens is 7. The number of aryl methyl sites for hydroxylation is 5. The molecule has 0 spiro atoms. The summed E-state index contributed by atoms with van der Waals surface area (Å²) in [5.74, 6) is 0.765. The number of fused-ring (bicyclic) bond motifs is 3. The number of rotatable bonds is 0. The molecule has 0 amide bonds. The van der Waals surface area contributed by atoms with Crippen LogP contribution in [0, 0.1) is 34.6 Å². The van der Waals surface area contributed by atoms with Crippen molar-refractivity contribution in [3.8, 4) is 0 Å². The predicted molar refractivity (Wildman–Crippen MR) is 153 cm³/mol. The van der Waals surface area contributed by atoms with Crippen molar-refractivity contribution in [2.75, 3.05) is 0 Å². The number of pyridine rings is 3. The van der Waals surface area contributed by atoms with E-state index in [1.165, 1.54) is 12.7 Å². The lowest BCUT2D eigenvalue weighted by molar-refractivity contribution is 1.10. The van der Waals surface area contributed by atoms with Gasteiger partial charge >= 0.3 is 0 Å². The van der Waals surface area contributed by atoms with E-state index in [1.54, 1.807) is 33.3 Å². The van der Waals surface area contributed by atoms with Crippen LogP contribution in [-0.4, -0.2) is 41.2 Å². The number of aromatic amines is 2. The Bertz CT molecular complexity index is 1970. The summed E-state index contributed by atoms with van der Waals surface area (Å²) < 4.78 is 0. The Morgan fingerprint density at radius 1 is 0.821 bits per heavy atom. The minimum absolute atomic E-state index is 0.00634. The molecule has 39 heavy (non-hydrogen) atoms. The highest BCUT2D eigenvalue weighted by molar-refractivity contribution is 5.77. The summed E-state index contributed by atoms with van der Waals surface area (Å²) in [7, 11) is 0. The van der Waals surface area contributed by atoms with E-state index < -0.39 is 0 Å². The summed E-state index contributed by atoms with van der Waals surface area (Å²) in [4.78, 5) is 53.0. The Balaban J connectivity index is 0.000000136. The third-order valence-electron chi connectivity index (χ3n) is 6.13. The molecule has 11 heteroatoms. The molecular weight excluding hydrogens is 494 g/mol. The number of H-pyrrole nitrogens is 2. The SMILES string of the molecule is C=c1cc(C)nc2c1=C(C)NC=N2.Cc1c[nH]c2ncnc(C)c2c1=O.Cc1cc2c(C)ncnc2[nH]c1=O. The molecule has 0 unspecified atom stereocenters. The lowest BCUT2D eigenvalue weighted by Crippen LogP contribution is -2.33. The lowest BCUT2D eigenvalue weighted by Gasteiger charge is -2.08. The van der Waals surface area contributed by atoms with E-state index in [0.717, 1.165) is 44.4 Å². The average molecular weight is 524 g/mol. The van der Waals surface area contributed by atoms with E-state index in [4.69, 9.17) is 0 Å². The van der Waals surface area contributed by atoms with Crippen LogP contribution in [0.25, 0.3) is 34.3 Å². The fourth-order valence-electron chi connectivity index (χ4n) is 4.03. The molecule has 1 aliphatic heterocycles. The quantitative estimate of drug-likeness (QED) is 0.279. The standard InChI is InChI=1S/C10H11N3.2C9H9N3O/c1-6-4-7(2)13-10-9(6)8(3)11-5-12-10;1-5-3-10-9-7(8(5)13)6(2)11-4-12-9;1-5-3-7-6(2)10-4-11-8(7)12-9(5)13/h4-5H,1H2,2-3H3,(H,11,12,13);2*3-4H,1-2H3,(H,10,11,12,13). The lowest BCUT2D eigenvalue weighted by atomic mass is 10.2. The molecule has 0 fully saturated rings. The molecule has 11 nitrogen and oxygen atoms in total. The van der Waals surface area contributed by atoms with E-state index in [9.17, 15) is 9.59 Å². The summed E-state index contributed by atoms with van der Waals surface area (Å²) in [5, 5.41) is 6.53. The van der Waals surface area contributed by atoms with Gasteiger partial charge in [-0.05, 0) is 58.9 Å². The molecule has 0 aliphatic carbocycles. The highest BCUT2D eigenvalue weighted by atomic mass is 16.1. The third kappa shape index (κ3) is 5.77. The van der Waals surface area contributed by atoms with Gasteiger partial charge in [0.2, 0.25) is 0 Å². The van der Waals surface area contributed by atoms with Gasteiger partial charge in [-0.15, -0.1) is 0 Å². The van der Waals surface area contributed by atoms with Crippen molar-refractivity contribution in [1.82, 2.24) is 40.2 Å². The topological polar surface area (TPSA) is 155 Å². The average Bonchev–Trinajstić information content (AvgIpc) is 2.88. The molecule has 0 atom stereocenters. The largest absolute Gasteiger partial charge is 0.349 e. The number of nitrogens with one attached hydrogen (secondary N) is 3. The van der Waals surface area contributed by atoms with E-state index in [2.05, 4.69) is 51.8 Å². The van der Waals surface area contributed by atoms with Crippen molar-refractivity contribution in [3.05, 3.63) is 90.2 Å². The summed E-state index contributed by atoms with van der Waals surface area (Å²) in [6, 6.07) is 3.77. The van der Waals surface area contributed by atoms with Crippen LogP contribution in [0.15, 0.2) is 45.6 Å². The number of nitrogens with zero attached hydrogens (tertiary/aromatic N) is 6. The van der Waals surface area contributed by atoms with Gasteiger partial charge in [-0.1, -0.05) is 6.58 Å². The van der Waals surface area contributed by atoms with Gasteiger partial charge in [-0.3, -0.25) is 9.59 Å². The normalized spacial score (nSPS) is 11.7. The molecule has 6 rings (SSSR count). The highest BCUT2D eigenvalue weighted by Crippen LogP contribution is 2.10. The smallest absolute Gasteiger partial charge is 0.252 e. The van der Waals surface area contributed by atoms with E-state index in [0.29, 0.717) is 27.8 Å². The molecule has 1 aliphatic rings. The summed E-state index contributed by atoms with van der Waals surface area (Å²) >= 11 is 0. The van der Waals surface area contributed by atoms with E-state index in [1.807, 2.05) is 32.9 Å². The molecular formula is C28H29N9O2. The first kappa shape index (κ1) is 27.0. The molecule has 198 valence electrons. The van der Waals surface area contributed by atoms with Gasteiger partial charge in [0.1, 0.15) is 23.9 Å². The Morgan fingerprint density at radius 2 is 1.51 bits per heavy atom. The Morgan fingerprint density at radius 3 is 2.26 bits per heavy atom. The maximum atomic E-state index is 11.6.